The number of nitrogens with one attached hydrogen (secondary N) is 1. The third-order valence-corrected chi connectivity index (χ3v) is 1.79. The van der Waals surface area contributed by atoms with Gasteiger partial charge in [0, 0.05) is 5.56 Å². The zero-order valence-electron chi connectivity index (χ0n) is 8.24. The molecule has 0 aliphatic rings. The number of carbonyl (C=O) groups is 1. The highest BCUT2D eigenvalue weighted by molar-refractivity contribution is 5.94. The fourth-order valence-corrected chi connectivity index (χ4v) is 0.998. The Bertz CT molecular complexity index is 420. The van der Waals surface area contributed by atoms with Crippen LogP contribution in [-0.4, -0.2) is 18.6 Å². The Labute approximate surface area is 92.4 Å². The minimum Gasteiger partial charge on any atom is -0.394 e. The van der Waals surface area contributed by atoms with Gasteiger partial charge in [-0.25, -0.2) is 8.78 Å². The number of halogens is 5. The standard InChI is InChI=1S/C9H7F5N2O/c10-5-1-4(2-6(11)7(5)15)8(17)16-3-9(12,13)14/h1-2H,3,15H2,(H,16,17). The Hall–Kier alpha value is -1.86. The molecule has 0 unspecified atom stereocenters. The number of anilines is 1. The first-order valence-electron chi connectivity index (χ1n) is 4.30. The van der Waals surface area contributed by atoms with Crippen LogP contribution in [0.4, 0.5) is 27.6 Å². The van der Waals surface area contributed by atoms with E-state index in [2.05, 4.69) is 0 Å². The number of rotatable bonds is 2. The van der Waals surface area contributed by atoms with Crippen molar-refractivity contribution in [2.75, 3.05) is 12.3 Å². The third-order valence-electron chi connectivity index (χ3n) is 1.79. The van der Waals surface area contributed by atoms with E-state index < -0.39 is 41.5 Å². The lowest BCUT2D eigenvalue weighted by Gasteiger charge is -2.09. The normalized spacial score (nSPS) is 11.4. The summed E-state index contributed by atoms with van der Waals surface area (Å²) in [5.74, 6) is -3.65. The minimum absolute atomic E-state index is 0.560. The molecule has 0 bridgehead atoms. The second kappa shape index (κ2) is 4.56. The van der Waals surface area contributed by atoms with Crippen LogP contribution in [0.2, 0.25) is 0 Å². The lowest BCUT2D eigenvalue weighted by Crippen LogP contribution is -2.33. The highest BCUT2D eigenvalue weighted by Crippen LogP contribution is 2.18. The van der Waals surface area contributed by atoms with Crippen molar-refractivity contribution in [2.45, 2.75) is 6.18 Å². The van der Waals surface area contributed by atoms with Crippen LogP contribution in [0, 0.1) is 11.6 Å². The van der Waals surface area contributed by atoms with Gasteiger partial charge in [-0.15, -0.1) is 0 Å². The number of hydrogen-bond donors (Lipinski definition) is 2. The minimum atomic E-state index is -4.60. The summed E-state index contributed by atoms with van der Waals surface area (Å²) < 4.78 is 61.1. The molecule has 1 amide bonds. The van der Waals surface area contributed by atoms with E-state index in [0.717, 1.165) is 0 Å². The molecule has 0 saturated carbocycles. The number of hydrogen-bond acceptors (Lipinski definition) is 2. The van der Waals surface area contributed by atoms with Gasteiger partial charge in [-0.05, 0) is 12.1 Å². The SMILES string of the molecule is Nc1c(F)cc(C(=O)NCC(F)(F)F)cc1F. The molecule has 0 radical (unpaired) electrons. The van der Waals surface area contributed by atoms with E-state index in [0.29, 0.717) is 12.1 Å². The van der Waals surface area contributed by atoms with E-state index in [-0.39, 0.29) is 0 Å². The van der Waals surface area contributed by atoms with Crippen molar-refractivity contribution in [3.05, 3.63) is 29.3 Å². The highest BCUT2D eigenvalue weighted by Gasteiger charge is 2.28. The molecule has 94 valence electrons. The van der Waals surface area contributed by atoms with Gasteiger partial charge in [0.15, 0.2) is 0 Å². The second-order valence-corrected chi connectivity index (χ2v) is 3.15. The highest BCUT2D eigenvalue weighted by atomic mass is 19.4. The maximum Gasteiger partial charge on any atom is 0.405 e. The second-order valence-electron chi connectivity index (χ2n) is 3.15. The summed E-state index contributed by atoms with van der Waals surface area (Å²) in [4.78, 5) is 11.1. The molecule has 1 aromatic carbocycles. The quantitative estimate of drug-likeness (QED) is 0.625. The first-order chi connectivity index (χ1) is 7.70. The Kier molecular flexibility index (Phi) is 3.54. The first kappa shape index (κ1) is 13.2. The Morgan fingerprint density at radius 1 is 1.24 bits per heavy atom. The molecule has 0 fully saturated rings. The van der Waals surface area contributed by atoms with E-state index in [1.165, 1.54) is 5.32 Å². The molecule has 0 heterocycles. The monoisotopic (exact) mass is 254 g/mol. The molecule has 3 N–H and O–H groups in total. The molecule has 8 heteroatoms. The van der Waals surface area contributed by atoms with Crippen molar-refractivity contribution in [1.29, 1.82) is 0 Å². The predicted octanol–water partition coefficient (Wildman–Crippen LogP) is 1.84. The Morgan fingerprint density at radius 3 is 2.12 bits per heavy atom. The van der Waals surface area contributed by atoms with Gasteiger partial charge >= 0.3 is 6.18 Å². The van der Waals surface area contributed by atoms with Crippen LogP contribution < -0.4 is 11.1 Å². The molecule has 0 aliphatic carbocycles. The average molecular weight is 254 g/mol. The smallest absolute Gasteiger partial charge is 0.394 e. The van der Waals surface area contributed by atoms with Gasteiger partial charge in [0.05, 0.1) is 0 Å². The van der Waals surface area contributed by atoms with Gasteiger partial charge in [0.25, 0.3) is 5.91 Å². The summed E-state index contributed by atoms with van der Waals surface area (Å²) in [6, 6.07) is 1.12. The number of benzene rings is 1. The molecule has 3 nitrogen and oxygen atoms in total. The molecular weight excluding hydrogens is 247 g/mol. The number of amides is 1. The summed E-state index contributed by atoms with van der Waals surface area (Å²) in [5.41, 5.74) is 3.57. The first-order valence-corrected chi connectivity index (χ1v) is 4.30. The summed E-state index contributed by atoms with van der Waals surface area (Å²) in [6.07, 6.45) is -4.60. The van der Waals surface area contributed by atoms with E-state index in [9.17, 15) is 26.7 Å². The Balaban J connectivity index is 2.84. The molecule has 0 aliphatic heterocycles. The van der Waals surface area contributed by atoms with Crippen LogP contribution in [0.25, 0.3) is 0 Å². The molecule has 0 atom stereocenters. The van der Waals surface area contributed by atoms with E-state index in [4.69, 9.17) is 5.73 Å². The van der Waals surface area contributed by atoms with Gasteiger partial charge < -0.3 is 11.1 Å². The van der Waals surface area contributed by atoms with E-state index in [1.807, 2.05) is 0 Å². The van der Waals surface area contributed by atoms with E-state index >= 15 is 0 Å². The fourth-order valence-electron chi connectivity index (χ4n) is 0.998. The lowest BCUT2D eigenvalue weighted by atomic mass is 10.1. The zero-order valence-corrected chi connectivity index (χ0v) is 8.24. The van der Waals surface area contributed by atoms with Crippen molar-refractivity contribution in [1.82, 2.24) is 5.32 Å². The summed E-state index contributed by atoms with van der Waals surface area (Å²) >= 11 is 0. The van der Waals surface area contributed by atoms with Crippen LogP contribution >= 0.6 is 0 Å². The maximum absolute atomic E-state index is 12.9. The van der Waals surface area contributed by atoms with Gasteiger partial charge in [0.2, 0.25) is 0 Å². The lowest BCUT2D eigenvalue weighted by molar-refractivity contribution is -0.123. The van der Waals surface area contributed by atoms with Crippen molar-refractivity contribution in [2.24, 2.45) is 0 Å². The molecule has 1 rings (SSSR count). The third kappa shape index (κ3) is 3.58. The van der Waals surface area contributed by atoms with Crippen molar-refractivity contribution < 1.29 is 26.7 Å². The van der Waals surface area contributed by atoms with Crippen LogP contribution in [0.15, 0.2) is 12.1 Å². The maximum atomic E-state index is 12.9. The zero-order chi connectivity index (χ0) is 13.2. The number of carbonyl (C=O) groups excluding carboxylic acids is 1. The van der Waals surface area contributed by atoms with Gasteiger partial charge in [0.1, 0.15) is 23.9 Å². The van der Waals surface area contributed by atoms with Crippen LogP contribution in [0.1, 0.15) is 10.4 Å². The van der Waals surface area contributed by atoms with Crippen LogP contribution in [-0.2, 0) is 0 Å². The largest absolute Gasteiger partial charge is 0.405 e. The fraction of sp³-hybridized carbons (Fsp3) is 0.222. The van der Waals surface area contributed by atoms with Crippen molar-refractivity contribution in [3.63, 3.8) is 0 Å². The average Bonchev–Trinajstić information content (AvgIpc) is 2.20. The summed E-state index contributed by atoms with van der Waals surface area (Å²) in [6.45, 7) is -1.58. The van der Waals surface area contributed by atoms with Crippen LogP contribution in [0.5, 0.6) is 0 Å². The number of nitrogens with two attached hydrogens (primary N) is 1. The van der Waals surface area contributed by atoms with Gasteiger partial charge in [-0.2, -0.15) is 13.2 Å². The molecule has 1 aromatic rings. The van der Waals surface area contributed by atoms with Crippen molar-refractivity contribution in [3.8, 4) is 0 Å². The topological polar surface area (TPSA) is 55.1 Å². The summed E-state index contributed by atoms with van der Waals surface area (Å²) in [5, 5.41) is 1.47. The summed E-state index contributed by atoms with van der Waals surface area (Å²) in [7, 11) is 0. The Morgan fingerprint density at radius 2 is 1.71 bits per heavy atom. The van der Waals surface area contributed by atoms with Gasteiger partial charge in [-0.1, -0.05) is 0 Å². The molecule has 0 aromatic heterocycles. The van der Waals surface area contributed by atoms with Gasteiger partial charge in [-0.3, -0.25) is 4.79 Å². The molecular formula is C9H7F5N2O. The van der Waals surface area contributed by atoms with E-state index in [1.54, 1.807) is 0 Å². The van der Waals surface area contributed by atoms with Crippen molar-refractivity contribution >= 4 is 11.6 Å². The predicted molar refractivity (Wildman–Crippen MR) is 49.2 cm³/mol. The molecule has 0 saturated heterocycles. The molecule has 17 heavy (non-hydrogen) atoms. The number of nitrogen functional groups attached to an aromatic ring is 1. The molecule has 0 spiro atoms. The number of alkyl halides is 3. The van der Waals surface area contributed by atoms with Crippen LogP contribution in [0.3, 0.4) is 0 Å².